The number of carbonyl (C=O) groups excluding carboxylic acids is 2. The number of ketones is 1. The van der Waals surface area contributed by atoms with Crippen LogP contribution in [0, 0.1) is 6.92 Å². The Kier molecular flexibility index (Phi) is 5.11. The van der Waals surface area contributed by atoms with Gasteiger partial charge in [-0.3, -0.25) is 14.5 Å². The van der Waals surface area contributed by atoms with Crippen LogP contribution in [-0.4, -0.2) is 17.4 Å². The monoisotopic (exact) mass is 388 g/mol. The van der Waals surface area contributed by atoms with Gasteiger partial charge in [0.2, 0.25) is 6.41 Å². The normalized spacial score (nSPS) is 10.6. The molecule has 0 bridgehead atoms. The third-order valence-corrected chi connectivity index (χ3v) is 4.56. The molecule has 0 radical (unpaired) electrons. The van der Waals surface area contributed by atoms with Crippen LogP contribution in [0.4, 0.5) is 11.4 Å². The van der Waals surface area contributed by atoms with Crippen LogP contribution in [0.2, 0.25) is 10.0 Å². The van der Waals surface area contributed by atoms with Crippen LogP contribution in [0.5, 0.6) is 0 Å². The van der Waals surface area contributed by atoms with Gasteiger partial charge in [0, 0.05) is 16.8 Å². The van der Waals surface area contributed by atoms with Crippen molar-refractivity contribution in [1.82, 2.24) is 5.16 Å². The molecule has 1 amide bonds. The molecular formula is C19H14Cl2N2O3. The summed E-state index contributed by atoms with van der Waals surface area (Å²) in [6, 6.07) is 11.7. The van der Waals surface area contributed by atoms with Crippen molar-refractivity contribution in [3.63, 3.8) is 0 Å². The summed E-state index contributed by atoms with van der Waals surface area (Å²) in [6.07, 6.45) is 0.649. The molecule has 132 valence electrons. The van der Waals surface area contributed by atoms with Crippen LogP contribution in [0.3, 0.4) is 0 Å². The van der Waals surface area contributed by atoms with Gasteiger partial charge in [-0.1, -0.05) is 34.4 Å². The first-order chi connectivity index (χ1) is 12.4. The van der Waals surface area contributed by atoms with E-state index < -0.39 is 0 Å². The summed E-state index contributed by atoms with van der Waals surface area (Å²) in [4.78, 5) is 24.7. The molecule has 5 nitrogen and oxygen atoms in total. The number of benzene rings is 2. The minimum Gasteiger partial charge on any atom is -0.359 e. The molecule has 7 heteroatoms. The largest absolute Gasteiger partial charge is 0.359 e. The van der Waals surface area contributed by atoms with E-state index in [1.807, 2.05) is 0 Å². The lowest BCUT2D eigenvalue weighted by Gasteiger charge is -2.18. The molecule has 1 aromatic heterocycles. The lowest BCUT2D eigenvalue weighted by atomic mass is 10.1. The third-order valence-electron chi connectivity index (χ3n) is 3.93. The Balaban J connectivity index is 2.15. The molecule has 0 aliphatic rings. The summed E-state index contributed by atoms with van der Waals surface area (Å²) in [6.45, 7) is 3.17. The van der Waals surface area contributed by atoms with Crippen LogP contribution in [0.1, 0.15) is 23.0 Å². The smallest absolute Gasteiger partial charge is 0.218 e. The molecule has 26 heavy (non-hydrogen) atoms. The number of rotatable bonds is 5. The predicted molar refractivity (Wildman–Crippen MR) is 101 cm³/mol. The Hall–Kier alpha value is -2.63. The molecule has 0 fully saturated rings. The molecule has 0 aliphatic heterocycles. The maximum absolute atomic E-state index is 11.9. The van der Waals surface area contributed by atoms with Crippen molar-refractivity contribution in [3.8, 4) is 11.3 Å². The van der Waals surface area contributed by atoms with Crippen molar-refractivity contribution in [2.75, 3.05) is 4.90 Å². The van der Waals surface area contributed by atoms with E-state index in [1.165, 1.54) is 11.8 Å². The Morgan fingerprint density at radius 1 is 1.12 bits per heavy atom. The summed E-state index contributed by atoms with van der Waals surface area (Å²) in [5, 5.41) is 4.84. The summed E-state index contributed by atoms with van der Waals surface area (Å²) < 4.78 is 5.30. The number of halogens is 2. The Labute approximate surface area is 160 Å². The van der Waals surface area contributed by atoms with Crippen LogP contribution in [-0.2, 0) is 4.79 Å². The standard InChI is InChI=1S/C19H14Cl2N2O3/c1-11(25)13-6-8-14(9-7-13)23(10-24)19-12(2)26-22-18(19)17-15(20)4-3-5-16(17)21/h3-10H,1-2H3. The van der Waals surface area contributed by atoms with Crippen LogP contribution in [0.15, 0.2) is 47.0 Å². The highest BCUT2D eigenvalue weighted by molar-refractivity contribution is 6.39. The molecule has 2 aromatic carbocycles. The van der Waals surface area contributed by atoms with Crippen LogP contribution < -0.4 is 4.90 Å². The molecule has 0 N–H and O–H groups in total. The van der Waals surface area contributed by atoms with E-state index in [0.717, 1.165) is 0 Å². The Morgan fingerprint density at radius 2 is 1.73 bits per heavy atom. The van der Waals surface area contributed by atoms with Gasteiger partial charge < -0.3 is 4.52 Å². The van der Waals surface area contributed by atoms with Gasteiger partial charge in [-0.15, -0.1) is 0 Å². The fourth-order valence-electron chi connectivity index (χ4n) is 2.64. The van der Waals surface area contributed by atoms with Crippen molar-refractivity contribution in [1.29, 1.82) is 0 Å². The summed E-state index contributed by atoms with van der Waals surface area (Å²) in [7, 11) is 0. The van der Waals surface area contributed by atoms with E-state index in [1.54, 1.807) is 49.4 Å². The average molecular weight is 389 g/mol. The number of hydrogen-bond acceptors (Lipinski definition) is 4. The number of amides is 1. The van der Waals surface area contributed by atoms with E-state index in [4.69, 9.17) is 27.7 Å². The van der Waals surface area contributed by atoms with Gasteiger partial charge in [0.1, 0.15) is 11.4 Å². The molecule has 0 unspecified atom stereocenters. The first-order valence-corrected chi connectivity index (χ1v) is 8.45. The summed E-state index contributed by atoms with van der Waals surface area (Å²) in [5.41, 5.74) is 2.39. The van der Waals surface area contributed by atoms with E-state index in [-0.39, 0.29) is 5.78 Å². The Bertz CT molecular complexity index is 961. The van der Waals surface area contributed by atoms with E-state index in [0.29, 0.717) is 50.4 Å². The second-order valence-corrected chi connectivity index (χ2v) is 6.43. The van der Waals surface area contributed by atoms with Crippen molar-refractivity contribution in [2.45, 2.75) is 13.8 Å². The number of hydrogen-bond donors (Lipinski definition) is 0. The van der Waals surface area contributed by atoms with Gasteiger partial charge in [-0.2, -0.15) is 0 Å². The van der Waals surface area contributed by atoms with Crippen LogP contribution >= 0.6 is 23.2 Å². The zero-order chi connectivity index (χ0) is 18.8. The van der Waals surface area contributed by atoms with Crippen molar-refractivity contribution in [2.24, 2.45) is 0 Å². The van der Waals surface area contributed by atoms with Gasteiger partial charge in [0.05, 0.1) is 10.0 Å². The quantitative estimate of drug-likeness (QED) is 0.430. The topological polar surface area (TPSA) is 63.4 Å². The van der Waals surface area contributed by atoms with E-state index >= 15 is 0 Å². The van der Waals surface area contributed by atoms with Gasteiger partial charge >= 0.3 is 0 Å². The lowest BCUT2D eigenvalue weighted by molar-refractivity contribution is -0.106. The number of nitrogens with zero attached hydrogens (tertiary/aromatic N) is 2. The maximum atomic E-state index is 11.9. The van der Waals surface area contributed by atoms with Gasteiger partial charge in [-0.05, 0) is 50.2 Å². The van der Waals surface area contributed by atoms with Crippen LogP contribution in [0.25, 0.3) is 11.3 Å². The molecular weight excluding hydrogens is 375 g/mol. The highest BCUT2D eigenvalue weighted by Gasteiger charge is 2.25. The summed E-state index contributed by atoms with van der Waals surface area (Å²) >= 11 is 12.6. The maximum Gasteiger partial charge on any atom is 0.218 e. The molecule has 1 heterocycles. The van der Waals surface area contributed by atoms with E-state index in [9.17, 15) is 9.59 Å². The van der Waals surface area contributed by atoms with Crippen molar-refractivity contribution < 1.29 is 14.1 Å². The fourth-order valence-corrected chi connectivity index (χ4v) is 3.21. The van der Waals surface area contributed by atoms with Crippen molar-refractivity contribution in [3.05, 3.63) is 63.8 Å². The molecule has 3 aromatic rings. The number of aryl methyl sites for hydroxylation is 1. The van der Waals surface area contributed by atoms with Crippen molar-refractivity contribution >= 4 is 46.8 Å². The number of anilines is 2. The molecule has 0 saturated carbocycles. The highest BCUT2D eigenvalue weighted by Crippen LogP contribution is 2.42. The first-order valence-electron chi connectivity index (χ1n) is 7.70. The molecule has 0 aliphatic carbocycles. The fraction of sp³-hybridized carbons (Fsp3) is 0.105. The SMILES string of the molecule is CC(=O)c1ccc(N(C=O)c2c(-c3c(Cl)cccc3Cl)noc2C)cc1. The predicted octanol–water partition coefficient (Wildman–Crippen LogP) is 5.45. The Morgan fingerprint density at radius 3 is 2.27 bits per heavy atom. The van der Waals surface area contributed by atoms with Gasteiger partial charge in [0.25, 0.3) is 0 Å². The third kappa shape index (κ3) is 3.23. The number of Topliss-reactive ketones (excluding diaryl/α,β-unsaturated/α-hetero) is 1. The van der Waals surface area contributed by atoms with Gasteiger partial charge in [0.15, 0.2) is 11.5 Å². The average Bonchev–Trinajstić information content (AvgIpc) is 2.98. The number of carbonyl (C=O) groups is 2. The lowest BCUT2D eigenvalue weighted by Crippen LogP contribution is -2.15. The highest BCUT2D eigenvalue weighted by atomic mass is 35.5. The summed E-state index contributed by atoms with van der Waals surface area (Å²) in [5.74, 6) is 0.373. The molecule has 0 atom stereocenters. The molecule has 3 rings (SSSR count). The zero-order valence-electron chi connectivity index (χ0n) is 14.0. The minimum atomic E-state index is -0.0566. The van der Waals surface area contributed by atoms with Gasteiger partial charge in [-0.25, -0.2) is 0 Å². The van der Waals surface area contributed by atoms with E-state index in [2.05, 4.69) is 5.16 Å². The minimum absolute atomic E-state index is 0.0566. The molecule has 0 saturated heterocycles. The number of aromatic nitrogens is 1. The first kappa shape index (κ1) is 18.2. The zero-order valence-corrected chi connectivity index (χ0v) is 15.5. The second kappa shape index (κ2) is 7.32. The second-order valence-electron chi connectivity index (χ2n) is 5.61. The molecule has 0 spiro atoms.